The van der Waals surface area contributed by atoms with Crippen LogP contribution in [0.4, 0.5) is 5.82 Å². The van der Waals surface area contributed by atoms with E-state index in [1.54, 1.807) is 16.9 Å². The van der Waals surface area contributed by atoms with E-state index in [0.29, 0.717) is 30.9 Å². The Morgan fingerprint density at radius 2 is 1.93 bits per heavy atom. The molecular weight excluding hydrogens is 352 g/mol. The van der Waals surface area contributed by atoms with Crippen LogP contribution in [0.15, 0.2) is 67.1 Å². The highest BCUT2D eigenvalue weighted by molar-refractivity contribution is 5.51. The van der Waals surface area contributed by atoms with Crippen molar-refractivity contribution in [2.24, 2.45) is 5.92 Å². The Bertz CT molecular complexity index is 1070. The maximum absolute atomic E-state index is 6.02. The zero-order valence-corrected chi connectivity index (χ0v) is 15.3. The van der Waals surface area contributed by atoms with Crippen molar-refractivity contribution < 1.29 is 4.74 Å². The van der Waals surface area contributed by atoms with Gasteiger partial charge in [0.15, 0.2) is 5.65 Å². The SMILES string of the molecule is c1ccc(CNc2cc(OCC3CC3c3ccccn3)nc3ccnn23)nc1. The lowest BCUT2D eigenvalue weighted by molar-refractivity contribution is 0.286. The number of ether oxygens (including phenoxy) is 1. The van der Waals surface area contributed by atoms with E-state index in [4.69, 9.17) is 4.74 Å². The van der Waals surface area contributed by atoms with Crippen molar-refractivity contribution in [3.8, 4) is 5.88 Å². The lowest BCUT2D eigenvalue weighted by Gasteiger charge is -2.11. The van der Waals surface area contributed by atoms with Crippen LogP contribution in [0, 0.1) is 5.92 Å². The standard InChI is InChI=1S/C21H20N6O/c1-3-8-22-16(5-1)13-24-20-12-21(26-19-7-10-25-27(19)20)28-14-15-11-17(15)18-6-2-4-9-23-18/h1-10,12,15,17,24H,11,13-14H2. The molecule has 0 spiro atoms. The molecule has 140 valence electrons. The Hall–Kier alpha value is -3.48. The minimum Gasteiger partial charge on any atom is -0.477 e. The smallest absolute Gasteiger partial charge is 0.219 e. The highest BCUT2D eigenvalue weighted by Crippen LogP contribution is 2.46. The molecule has 4 aromatic heterocycles. The topological polar surface area (TPSA) is 77.2 Å². The van der Waals surface area contributed by atoms with Gasteiger partial charge in [0, 0.05) is 42.1 Å². The molecule has 0 saturated heterocycles. The Balaban J connectivity index is 1.27. The van der Waals surface area contributed by atoms with Crippen LogP contribution in [0.1, 0.15) is 23.7 Å². The molecule has 7 nitrogen and oxygen atoms in total. The number of nitrogens with one attached hydrogen (secondary N) is 1. The van der Waals surface area contributed by atoms with Crippen molar-refractivity contribution in [2.45, 2.75) is 18.9 Å². The Kier molecular flexibility index (Phi) is 4.33. The average molecular weight is 372 g/mol. The third kappa shape index (κ3) is 3.51. The average Bonchev–Trinajstić information content (AvgIpc) is 3.38. The summed E-state index contributed by atoms with van der Waals surface area (Å²) < 4.78 is 7.78. The fourth-order valence-electron chi connectivity index (χ4n) is 3.36. The van der Waals surface area contributed by atoms with E-state index in [1.807, 2.05) is 48.7 Å². The maximum atomic E-state index is 6.02. The molecule has 4 heterocycles. The summed E-state index contributed by atoms with van der Waals surface area (Å²) in [5.74, 6) is 2.40. The van der Waals surface area contributed by atoms with Gasteiger partial charge in [0.05, 0.1) is 25.0 Å². The van der Waals surface area contributed by atoms with Crippen LogP contribution in [0.25, 0.3) is 5.65 Å². The van der Waals surface area contributed by atoms with Crippen LogP contribution in [0.2, 0.25) is 0 Å². The van der Waals surface area contributed by atoms with E-state index >= 15 is 0 Å². The molecule has 1 aliphatic rings. The van der Waals surface area contributed by atoms with E-state index in [2.05, 4.69) is 31.4 Å². The number of hydrogen-bond donors (Lipinski definition) is 1. The lowest BCUT2D eigenvalue weighted by Crippen LogP contribution is -2.09. The second-order valence-electron chi connectivity index (χ2n) is 6.92. The van der Waals surface area contributed by atoms with E-state index in [9.17, 15) is 0 Å². The van der Waals surface area contributed by atoms with Crippen molar-refractivity contribution in [2.75, 3.05) is 11.9 Å². The first-order chi connectivity index (χ1) is 13.9. The van der Waals surface area contributed by atoms with Crippen LogP contribution in [0.3, 0.4) is 0 Å². The lowest BCUT2D eigenvalue weighted by atomic mass is 10.2. The van der Waals surface area contributed by atoms with Gasteiger partial charge >= 0.3 is 0 Å². The Morgan fingerprint density at radius 3 is 2.75 bits per heavy atom. The minimum absolute atomic E-state index is 0.488. The van der Waals surface area contributed by atoms with Crippen LogP contribution >= 0.6 is 0 Å². The van der Waals surface area contributed by atoms with Gasteiger partial charge in [-0.1, -0.05) is 12.1 Å². The minimum atomic E-state index is 0.488. The summed E-state index contributed by atoms with van der Waals surface area (Å²) >= 11 is 0. The number of aromatic nitrogens is 5. The molecule has 5 rings (SSSR count). The normalized spacial score (nSPS) is 18.1. The first-order valence-corrected chi connectivity index (χ1v) is 9.39. The van der Waals surface area contributed by atoms with E-state index < -0.39 is 0 Å². The molecule has 1 N–H and O–H groups in total. The van der Waals surface area contributed by atoms with E-state index in [1.165, 1.54) is 0 Å². The van der Waals surface area contributed by atoms with Gasteiger partial charge < -0.3 is 10.1 Å². The zero-order chi connectivity index (χ0) is 18.8. The van der Waals surface area contributed by atoms with Crippen molar-refractivity contribution in [3.63, 3.8) is 0 Å². The predicted octanol–water partition coefficient (Wildman–Crippen LogP) is 3.31. The summed E-state index contributed by atoms with van der Waals surface area (Å²) in [6.45, 7) is 1.24. The number of nitrogens with zero attached hydrogens (tertiary/aromatic N) is 5. The molecule has 0 aromatic carbocycles. The molecule has 1 fully saturated rings. The second kappa shape index (κ2) is 7.26. The molecule has 1 aliphatic carbocycles. The highest BCUT2D eigenvalue weighted by Gasteiger charge is 2.39. The molecule has 1 saturated carbocycles. The number of anilines is 1. The summed E-state index contributed by atoms with van der Waals surface area (Å²) in [5, 5.41) is 7.72. The maximum Gasteiger partial charge on any atom is 0.219 e. The van der Waals surface area contributed by atoms with Gasteiger partial charge in [0.1, 0.15) is 5.82 Å². The largest absolute Gasteiger partial charge is 0.477 e. The van der Waals surface area contributed by atoms with Gasteiger partial charge in [-0.3, -0.25) is 9.97 Å². The number of fused-ring (bicyclic) bond motifs is 1. The zero-order valence-electron chi connectivity index (χ0n) is 15.3. The molecule has 2 atom stereocenters. The molecule has 2 unspecified atom stereocenters. The highest BCUT2D eigenvalue weighted by atomic mass is 16.5. The second-order valence-corrected chi connectivity index (χ2v) is 6.92. The first kappa shape index (κ1) is 16.7. The molecule has 0 radical (unpaired) electrons. The third-order valence-electron chi connectivity index (χ3n) is 4.95. The van der Waals surface area contributed by atoms with Crippen molar-refractivity contribution in [3.05, 3.63) is 78.5 Å². The van der Waals surface area contributed by atoms with Gasteiger partial charge in [0.2, 0.25) is 5.88 Å². The quantitative estimate of drug-likeness (QED) is 0.536. The van der Waals surface area contributed by atoms with Crippen molar-refractivity contribution in [1.29, 1.82) is 0 Å². The van der Waals surface area contributed by atoms with Crippen molar-refractivity contribution in [1.82, 2.24) is 24.6 Å². The molecule has 0 bridgehead atoms. The monoisotopic (exact) mass is 372 g/mol. The van der Waals surface area contributed by atoms with Crippen LogP contribution in [-0.2, 0) is 6.54 Å². The van der Waals surface area contributed by atoms with Crippen LogP contribution in [-0.4, -0.2) is 31.2 Å². The van der Waals surface area contributed by atoms with Gasteiger partial charge in [-0.2, -0.15) is 14.6 Å². The first-order valence-electron chi connectivity index (χ1n) is 9.39. The third-order valence-corrected chi connectivity index (χ3v) is 4.95. The Morgan fingerprint density at radius 1 is 1.04 bits per heavy atom. The van der Waals surface area contributed by atoms with Crippen LogP contribution in [0.5, 0.6) is 5.88 Å². The summed E-state index contributed by atoms with van der Waals surface area (Å²) in [6, 6.07) is 15.7. The van der Waals surface area contributed by atoms with Gasteiger partial charge in [-0.25, -0.2) is 0 Å². The van der Waals surface area contributed by atoms with E-state index in [-0.39, 0.29) is 0 Å². The summed E-state index contributed by atoms with van der Waals surface area (Å²) in [5.41, 5.74) is 2.85. The number of pyridine rings is 2. The fraction of sp³-hybridized carbons (Fsp3) is 0.238. The molecule has 4 aromatic rings. The number of rotatable bonds is 7. The molecule has 0 amide bonds. The molecule has 7 heteroatoms. The Labute approximate surface area is 162 Å². The predicted molar refractivity (Wildman–Crippen MR) is 105 cm³/mol. The van der Waals surface area contributed by atoms with Gasteiger partial charge in [-0.05, 0) is 30.7 Å². The van der Waals surface area contributed by atoms with Crippen LogP contribution < -0.4 is 10.1 Å². The van der Waals surface area contributed by atoms with E-state index in [0.717, 1.165) is 29.3 Å². The van der Waals surface area contributed by atoms with Gasteiger partial charge in [0.25, 0.3) is 0 Å². The molecular formula is C21H20N6O. The summed E-state index contributed by atoms with van der Waals surface area (Å²) in [4.78, 5) is 13.3. The number of hydrogen-bond acceptors (Lipinski definition) is 6. The summed E-state index contributed by atoms with van der Waals surface area (Å²) in [6.07, 6.45) is 6.47. The molecule has 0 aliphatic heterocycles. The summed E-state index contributed by atoms with van der Waals surface area (Å²) in [7, 11) is 0. The fourth-order valence-corrected chi connectivity index (χ4v) is 3.36. The molecule has 28 heavy (non-hydrogen) atoms. The van der Waals surface area contributed by atoms with Gasteiger partial charge in [-0.15, -0.1) is 0 Å². The van der Waals surface area contributed by atoms with Crippen molar-refractivity contribution >= 4 is 11.5 Å².